The molecule has 0 aromatic heterocycles. The van der Waals surface area contributed by atoms with Crippen LogP contribution in [0.25, 0.3) is 0 Å². The summed E-state index contributed by atoms with van der Waals surface area (Å²) in [7, 11) is 3.53. The Morgan fingerprint density at radius 1 is 1.27 bits per heavy atom. The van der Waals surface area contributed by atoms with Gasteiger partial charge in [-0.2, -0.15) is 0 Å². The predicted octanol–water partition coefficient (Wildman–Crippen LogP) is 2.77. The Bertz CT molecular complexity index is 310. The second kappa shape index (κ2) is 5.49. The van der Waals surface area contributed by atoms with Gasteiger partial charge in [0, 0.05) is 18.8 Å². The van der Waals surface area contributed by atoms with Crippen LogP contribution in [-0.4, -0.2) is 20.8 Å². The van der Waals surface area contributed by atoms with E-state index in [9.17, 15) is 0 Å². The Kier molecular flexibility index (Phi) is 4.28. The molecule has 0 bridgehead atoms. The first-order valence-corrected chi connectivity index (χ1v) is 5.16. The minimum absolute atomic E-state index is 0.513. The van der Waals surface area contributed by atoms with Crippen LogP contribution in [0, 0.1) is 5.92 Å². The fourth-order valence-electron chi connectivity index (χ4n) is 1.20. The summed E-state index contributed by atoms with van der Waals surface area (Å²) in [6.45, 7) is 4.94. The molecular formula is C12H19NO2. The van der Waals surface area contributed by atoms with Gasteiger partial charge in [0.15, 0.2) is 11.5 Å². The lowest BCUT2D eigenvalue weighted by atomic mass is 10.2. The lowest BCUT2D eigenvalue weighted by Gasteiger charge is -2.13. The van der Waals surface area contributed by atoms with Crippen molar-refractivity contribution in [3.05, 3.63) is 18.2 Å². The molecule has 0 aliphatic carbocycles. The van der Waals surface area contributed by atoms with Crippen LogP contribution in [0.3, 0.4) is 0 Å². The van der Waals surface area contributed by atoms with E-state index in [1.54, 1.807) is 7.11 Å². The number of hydrogen-bond donors (Lipinski definition) is 1. The van der Waals surface area contributed by atoms with Gasteiger partial charge in [-0.05, 0) is 18.1 Å². The fourth-order valence-corrected chi connectivity index (χ4v) is 1.20. The quantitative estimate of drug-likeness (QED) is 0.808. The van der Waals surface area contributed by atoms with Crippen LogP contribution in [0.15, 0.2) is 18.2 Å². The zero-order valence-corrected chi connectivity index (χ0v) is 9.83. The summed E-state index contributed by atoms with van der Waals surface area (Å²) in [5, 5.41) is 3.06. The molecule has 0 aliphatic rings. The van der Waals surface area contributed by atoms with Crippen molar-refractivity contribution in [2.45, 2.75) is 13.8 Å². The number of rotatable bonds is 5. The summed E-state index contributed by atoms with van der Waals surface area (Å²) >= 11 is 0. The van der Waals surface area contributed by atoms with E-state index in [4.69, 9.17) is 9.47 Å². The number of methoxy groups -OCH3 is 1. The molecule has 1 aromatic carbocycles. The van der Waals surface area contributed by atoms with E-state index in [2.05, 4.69) is 19.2 Å². The lowest BCUT2D eigenvalue weighted by Crippen LogP contribution is -2.05. The highest BCUT2D eigenvalue weighted by atomic mass is 16.5. The van der Waals surface area contributed by atoms with E-state index >= 15 is 0 Å². The minimum atomic E-state index is 0.513. The standard InChI is InChI=1S/C12H19NO2/c1-9(2)8-15-11-6-5-10(13-3)7-12(11)14-4/h5-7,9,13H,8H2,1-4H3. The van der Waals surface area contributed by atoms with E-state index in [1.165, 1.54) is 0 Å². The third kappa shape index (κ3) is 3.35. The summed E-state index contributed by atoms with van der Waals surface area (Å²) in [6, 6.07) is 5.82. The van der Waals surface area contributed by atoms with Crippen LogP contribution in [0.2, 0.25) is 0 Å². The van der Waals surface area contributed by atoms with Gasteiger partial charge in [-0.1, -0.05) is 13.8 Å². The van der Waals surface area contributed by atoms with Crippen LogP contribution < -0.4 is 14.8 Å². The molecule has 0 unspecified atom stereocenters. The molecule has 84 valence electrons. The molecule has 0 saturated heterocycles. The Morgan fingerprint density at radius 3 is 2.53 bits per heavy atom. The summed E-state index contributed by atoms with van der Waals surface area (Å²) in [5.74, 6) is 2.08. The molecule has 0 saturated carbocycles. The second-order valence-corrected chi connectivity index (χ2v) is 3.82. The molecule has 0 spiro atoms. The van der Waals surface area contributed by atoms with Gasteiger partial charge in [0.1, 0.15) is 0 Å². The van der Waals surface area contributed by atoms with Gasteiger partial charge in [0.25, 0.3) is 0 Å². The largest absolute Gasteiger partial charge is 0.493 e. The van der Waals surface area contributed by atoms with Crippen molar-refractivity contribution in [2.75, 3.05) is 26.1 Å². The molecular weight excluding hydrogens is 190 g/mol. The summed E-state index contributed by atoms with van der Waals surface area (Å²) in [5.41, 5.74) is 1.02. The van der Waals surface area contributed by atoms with Crippen LogP contribution >= 0.6 is 0 Å². The predicted molar refractivity (Wildman–Crippen MR) is 62.9 cm³/mol. The van der Waals surface area contributed by atoms with Crippen molar-refractivity contribution >= 4 is 5.69 Å². The highest BCUT2D eigenvalue weighted by Gasteiger charge is 2.05. The molecule has 1 rings (SSSR count). The smallest absolute Gasteiger partial charge is 0.162 e. The normalized spacial score (nSPS) is 10.2. The number of nitrogens with one attached hydrogen (secondary N) is 1. The Balaban J connectivity index is 2.78. The number of anilines is 1. The highest BCUT2D eigenvalue weighted by Crippen LogP contribution is 2.30. The summed E-state index contributed by atoms with van der Waals surface area (Å²) in [4.78, 5) is 0. The topological polar surface area (TPSA) is 30.5 Å². The zero-order valence-electron chi connectivity index (χ0n) is 9.83. The van der Waals surface area contributed by atoms with Gasteiger partial charge in [-0.25, -0.2) is 0 Å². The van der Waals surface area contributed by atoms with Gasteiger partial charge in [0.2, 0.25) is 0 Å². The Labute approximate surface area is 91.4 Å². The molecule has 0 fully saturated rings. The van der Waals surface area contributed by atoms with Crippen molar-refractivity contribution in [1.82, 2.24) is 0 Å². The van der Waals surface area contributed by atoms with Crippen LogP contribution in [0.5, 0.6) is 11.5 Å². The highest BCUT2D eigenvalue weighted by molar-refractivity contribution is 5.54. The summed E-state index contributed by atoms with van der Waals surface area (Å²) in [6.07, 6.45) is 0. The molecule has 0 amide bonds. The first kappa shape index (κ1) is 11.7. The number of ether oxygens (including phenoxy) is 2. The van der Waals surface area contributed by atoms with Gasteiger partial charge >= 0.3 is 0 Å². The molecule has 1 N–H and O–H groups in total. The van der Waals surface area contributed by atoms with E-state index in [0.29, 0.717) is 12.5 Å². The molecule has 0 radical (unpaired) electrons. The van der Waals surface area contributed by atoms with Crippen LogP contribution in [0.4, 0.5) is 5.69 Å². The van der Waals surface area contributed by atoms with E-state index in [-0.39, 0.29) is 0 Å². The Morgan fingerprint density at radius 2 is 2.00 bits per heavy atom. The number of benzene rings is 1. The van der Waals surface area contributed by atoms with Crippen molar-refractivity contribution in [2.24, 2.45) is 5.92 Å². The van der Waals surface area contributed by atoms with E-state index < -0.39 is 0 Å². The van der Waals surface area contributed by atoms with Crippen molar-refractivity contribution in [3.8, 4) is 11.5 Å². The fraction of sp³-hybridized carbons (Fsp3) is 0.500. The van der Waals surface area contributed by atoms with Gasteiger partial charge < -0.3 is 14.8 Å². The minimum Gasteiger partial charge on any atom is -0.493 e. The van der Waals surface area contributed by atoms with Crippen LogP contribution in [-0.2, 0) is 0 Å². The SMILES string of the molecule is CNc1ccc(OCC(C)C)c(OC)c1. The van der Waals surface area contributed by atoms with E-state index in [1.807, 2.05) is 25.2 Å². The van der Waals surface area contributed by atoms with Gasteiger partial charge in [-0.3, -0.25) is 0 Å². The van der Waals surface area contributed by atoms with Crippen molar-refractivity contribution in [3.63, 3.8) is 0 Å². The zero-order chi connectivity index (χ0) is 11.3. The second-order valence-electron chi connectivity index (χ2n) is 3.82. The molecule has 1 aromatic rings. The third-order valence-corrected chi connectivity index (χ3v) is 2.02. The first-order valence-electron chi connectivity index (χ1n) is 5.16. The molecule has 15 heavy (non-hydrogen) atoms. The third-order valence-electron chi connectivity index (χ3n) is 2.02. The molecule has 0 atom stereocenters. The van der Waals surface area contributed by atoms with Crippen molar-refractivity contribution in [1.29, 1.82) is 0 Å². The maximum atomic E-state index is 5.64. The number of hydrogen-bond acceptors (Lipinski definition) is 3. The maximum absolute atomic E-state index is 5.64. The van der Waals surface area contributed by atoms with E-state index in [0.717, 1.165) is 17.2 Å². The monoisotopic (exact) mass is 209 g/mol. The summed E-state index contributed by atoms with van der Waals surface area (Å²) < 4.78 is 10.9. The lowest BCUT2D eigenvalue weighted by molar-refractivity contribution is 0.257. The molecule has 3 nitrogen and oxygen atoms in total. The van der Waals surface area contributed by atoms with Gasteiger partial charge in [0.05, 0.1) is 13.7 Å². The average Bonchev–Trinajstić information content (AvgIpc) is 2.25. The van der Waals surface area contributed by atoms with Crippen LogP contribution in [0.1, 0.15) is 13.8 Å². The Hall–Kier alpha value is -1.38. The molecule has 3 heteroatoms. The average molecular weight is 209 g/mol. The van der Waals surface area contributed by atoms with Crippen molar-refractivity contribution < 1.29 is 9.47 Å². The first-order chi connectivity index (χ1) is 7.17. The van der Waals surface area contributed by atoms with Gasteiger partial charge in [-0.15, -0.1) is 0 Å². The molecule has 0 aliphatic heterocycles. The molecule has 0 heterocycles. The maximum Gasteiger partial charge on any atom is 0.162 e.